The van der Waals surface area contributed by atoms with Gasteiger partial charge < -0.3 is 10.1 Å². The van der Waals surface area contributed by atoms with Crippen LogP contribution in [0.3, 0.4) is 0 Å². The Bertz CT molecular complexity index is 629. The van der Waals surface area contributed by atoms with Crippen molar-refractivity contribution >= 4 is 23.2 Å². The summed E-state index contributed by atoms with van der Waals surface area (Å²) in [6.45, 7) is 1.86. The number of ether oxygens (including phenoxy) is 1. The molecule has 110 valence electrons. The third kappa shape index (κ3) is 4.20. The van der Waals surface area contributed by atoms with E-state index in [2.05, 4.69) is 12.2 Å². The van der Waals surface area contributed by atoms with Gasteiger partial charge in [-0.15, -0.1) is 0 Å². The van der Waals surface area contributed by atoms with Crippen LogP contribution in [0.4, 0.5) is 10.1 Å². The molecule has 0 fully saturated rings. The summed E-state index contributed by atoms with van der Waals surface area (Å²) in [6.07, 6.45) is 0.939. The Morgan fingerprint density at radius 2 is 1.95 bits per heavy atom. The molecule has 1 amide bonds. The number of halogens is 2. The summed E-state index contributed by atoms with van der Waals surface area (Å²) >= 11 is 5.64. The molecule has 0 heterocycles. The van der Waals surface area contributed by atoms with Gasteiger partial charge in [0.1, 0.15) is 5.75 Å². The van der Waals surface area contributed by atoms with Gasteiger partial charge in [0, 0.05) is 0 Å². The Hall–Kier alpha value is -2.07. The summed E-state index contributed by atoms with van der Waals surface area (Å²) in [4.78, 5) is 11.7. The fourth-order valence-electron chi connectivity index (χ4n) is 1.76. The van der Waals surface area contributed by atoms with Gasteiger partial charge in [0.15, 0.2) is 12.4 Å². The number of carbonyl (C=O) groups excluding carboxylic acids is 1. The molecule has 0 bridgehead atoms. The third-order valence-corrected chi connectivity index (χ3v) is 3.22. The highest BCUT2D eigenvalue weighted by Gasteiger charge is 2.10. The van der Waals surface area contributed by atoms with E-state index in [1.54, 1.807) is 18.2 Å². The molecule has 21 heavy (non-hydrogen) atoms. The van der Waals surface area contributed by atoms with Crippen molar-refractivity contribution in [3.63, 3.8) is 0 Å². The van der Waals surface area contributed by atoms with E-state index in [4.69, 9.17) is 16.3 Å². The Balaban J connectivity index is 1.91. The van der Waals surface area contributed by atoms with Crippen molar-refractivity contribution in [2.45, 2.75) is 13.3 Å². The lowest BCUT2D eigenvalue weighted by atomic mass is 10.2. The predicted molar refractivity (Wildman–Crippen MR) is 81.4 cm³/mol. The van der Waals surface area contributed by atoms with Gasteiger partial charge in [0.25, 0.3) is 5.91 Å². The second kappa shape index (κ2) is 7.09. The van der Waals surface area contributed by atoms with Crippen LogP contribution in [0.5, 0.6) is 5.75 Å². The van der Waals surface area contributed by atoms with Gasteiger partial charge in [0.2, 0.25) is 0 Å². The zero-order chi connectivity index (χ0) is 15.2. The number of aryl methyl sites for hydroxylation is 1. The van der Waals surface area contributed by atoms with Crippen LogP contribution in [0.2, 0.25) is 5.02 Å². The Kier molecular flexibility index (Phi) is 5.17. The maximum Gasteiger partial charge on any atom is 0.262 e. The van der Waals surface area contributed by atoms with Crippen molar-refractivity contribution in [3.05, 3.63) is 58.9 Å². The van der Waals surface area contributed by atoms with Crippen molar-refractivity contribution in [1.29, 1.82) is 0 Å². The molecule has 0 saturated carbocycles. The molecular weight excluding hydrogens is 293 g/mol. The normalized spacial score (nSPS) is 10.2. The van der Waals surface area contributed by atoms with Crippen molar-refractivity contribution in [2.24, 2.45) is 0 Å². The Morgan fingerprint density at radius 1 is 1.24 bits per heavy atom. The molecule has 2 aromatic rings. The molecule has 0 unspecified atom stereocenters. The minimum absolute atomic E-state index is 0.0381. The number of hydrogen-bond donors (Lipinski definition) is 1. The first-order chi connectivity index (χ1) is 10.1. The molecule has 5 heteroatoms. The van der Waals surface area contributed by atoms with E-state index < -0.39 is 11.7 Å². The molecule has 0 spiro atoms. The lowest BCUT2D eigenvalue weighted by molar-refractivity contribution is -0.118. The van der Waals surface area contributed by atoms with Gasteiger partial charge in [-0.3, -0.25) is 4.79 Å². The van der Waals surface area contributed by atoms with Gasteiger partial charge >= 0.3 is 0 Å². The summed E-state index contributed by atoms with van der Waals surface area (Å²) in [5.41, 5.74) is 1.23. The molecule has 0 aliphatic rings. The van der Waals surface area contributed by atoms with Gasteiger partial charge in [-0.2, -0.15) is 0 Å². The van der Waals surface area contributed by atoms with E-state index in [1.807, 2.05) is 12.1 Å². The lowest BCUT2D eigenvalue weighted by Crippen LogP contribution is -2.20. The molecule has 2 rings (SSSR count). The molecule has 0 saturated heterocycles. The van der Waals surface area contributed by atoms with Crippen LogP contribution >= 0.6 is 11.6 Å². The number of carbonyl (C=O) groups is 1. The average molecular weight is 308 g/mol. The van der Waals surface area contributed by atoms with Gasteiger partial charge in [-0.1, -0.05) is 36.7 Å². The summed E-state index contributed by atoms with van der Waals surface area (Å²) in [6, 6.07) is 11.9. The minimum atomic E-state index is -0.653. The molecule has 1 N–H and O–H groups in total. The first-order valence-electron chi connectivity index (χ1n) is 6.55. The highest BCUT2D eigenvalue weighted by Crippen LogP contribution is 2.22. The fraction of sp³-hybridized carbons (Fsp3) is 0.188. The largest absolute Gasteiger partial charge is 0.484 e. The lowest BCUT2D eigenvalue weighted by Gasteiger charge is -2.09. The van der Waals surface area contributed by atoms with Crippen LogP contribution in [0, 0.1) is 5.82 Å². The molecule has 0 aliphatic carbocycles. The van der Waals surface area contributed by atoms with Crippen LogP contribution in [-0.4, -0.2) is 12.5 Å². The number of nitrogens with one attached hydrogen (secondary N) is 1. The topological polar surface area (TPSA) is 38.3 Å². The summed E-state index contributed by atoms with van der Waals surface area (Å²) in [5.74, 6) is -0.510. The molecule has 0 atom stereocenters. The number of benzene rings is 2. The van der Waals surface area contributed by atoms with Gasteiger partial charge in [-0.05, 0) is 36.2 Å². The van der Waals surface area contributed by atoms with E-state index in [0.29, 0.717) is 5.75 Å². The molecule has 0 radical (unpaired) electrons. The second-order valence-electron chi connectivity index (χ2n) is 4.44. The first-order valence-corrected chi connectivity index (χ1v) is 6.93. The quantitative estimate of drug-likeness (QED) is 0.904. The summed E-state index contributed by atoms with van der Waals surface area (Å²) in [7, 11) is 0. The Morgan fingerprint density at radius 3 is 2.62 bits per heavy atom. The standard InChI is InChI=1S/C16H15ClFNO2/c1-2-11-6-8-12(9-7-11)21-10-15(20)19-14-5-3-4-13(17)16(14)18/h3-9H,2,10H2,1H3,(H,19,20). The van der Waals surface area contributed by atoms with Crippen LogP contribution in [0.15, 0.2) is 42.5 Å². The Labute approximate surface area is 127 Å². The third-order valence-electron chi connectivity index (χ3n) is 2.93. The van der Waals surface area contributed by atoms with E-state index >= 15 is 0 Å². The minimum Gasteiger partial charge on any atom is -0.484 e. The number of amides is 1. The molecule has 3 nitrogen and oxygen atoms in total. The highest BCUT2D eigenvalue weighted by molar-refractivity contribution is 6.31. The second-order valence-corrected chi connectivity index (χ2v) is 4.84. The maximum absolute atomic E-state index is 13.6. The predicted octanol–water partition coefficient (Wildman–Crippen LogP) is 4.06. The smallest absolute Gasteiger partial charge is 0.262 e. The van der Waals surface area contributed by atoms with E-state index in [0.717, 1.165) is 6.42 Å². The molecular formula is C16H15ClFNO2. The summed E-state index contributed by atoms with van der Waals surface area (Å²) < 4.78 is 19.0. The first kappa shape index (κ1) is 15.3. The number of hydrogen-bond acceptors (Lipinski definition) is 2. The van der Waals surface area contributed by atoms with E-state index in [-0.39, 0.29) is 17.3 Å². The maximum atomic E-state index is 13.6. The van der Waals surface area contributed by atoms with Crippen molar-refractivity contribution in [1.82, 2.24) is 0 Å². The summed E-state index contributed by atoms with van der Waals surface area (Å²) in [5, 5.41) is 2.38. The zero-order valence-electron chi connectivity index (χ0n) is 11.5. The van der Waals surface area contributed by atoms with E-state index in [1.165, 1.54) is 17.7 Å². The molecule has 0 aliphatic heterocycles. The average Bonchev–Trinajstić information content (AvgIpc) is 2.50. The zero-order valence-corrected chi connectivity index (χ0v) is 12.3. The van der Waals surface area contributed by atoms with Crippen LogP contribution in [-0.2, 0) is 11.2 Å². The molecule has 2 aromatic carbocycles. The fourth-order valence-corrected chi connectivity index (χ4v) is 1.93. The van der Waals surface area contributed by atoms with Crippen LogP contribution in [0.25, 0.3) is 0 Å². The van der Waals surface area contributed by atoms with Crippen LogP contribution in [0.1, 0.15) is 12.5 Å². The van der Waals surface area contributed by atoms with Crippen molar-refractivity contribution in [2.75, 3.05) is 11.9 Å². The number of rotatable bonds is 5. The van der Waals surface area contributed by atoms with Gasteiger partial charge in [0.05, 0.1) is 10.7 Å². The van der Waals surface area contributed by atoms with Gasteiger partial charge in [-0.25, -0.2) is 4.39 Å². The highest BCUT2D eigenvalue weighted by atomic mass is 35.5. The van der Waals surface area contributed by atoms with Crippen molar-refractivity contribution < 1.29 is 13.9 Å². The van der Waals surface area contributed by atoms with Crippen molar-refractivity contribution in [3.8, 4) is 5.75 Å². The number of anilines is 1. The van der Waals surface area contributed by atoms with Crippen LogP contribution < -0.4 is 10.1 Å². The molecule has 0 aromatic heterocycles. The van der Waals surface area contributed by atoms with E-state index in [9.17, 15) is 9.18 Å². The SMILES string of the molecule is CCc1ccc(OCC(=O)Nc2cccc(Cl)c2F)cc1. The monoisotopic (exact) mass is 307 g/mol.